The van der Waals surface area contributed by atoms with Crippen molar-refractivity contribution in [2.45, 2.75) is 279 Å². The number of aryl methyl sites for hydroxylation is 4. The van der Waals surface area contributed by atoms with Gasteiger partial charge in [0, 0.05) is 0 Å². The Kier molecular flexibility index (Phi) is 35.1. The standard InChI is InChI=1S/C59H100N2/c1-7-13-15-16-17-18-19-20-21-22-23-24-25-26-27-28-29-30-31-32-33-34-35-36-37-38-39-45-59(61-57-49-47-53(41-10-4)55(51-57)43-12-6)58(44-14-8-2)60-56-48-46-52(40-9-3)54(50-56)42-11-5/h39,45-51H,7-38,40-44H2,1-6H3/b45-39+,60-58?,61-59?. The molecule has 0 fully saturated rings. The third-order valence-electron chi connectivity index (χ3n) is 12.8. The molecule has 0 unspecified atom stereocenters. The SMILES string of the molecule is CCCCCCCCCCCCCCCCCCCCCCCCCCC/C=C/C(=Nc1ccc(CCC)c(CCC)c1)C(CCCC)=Nc1ccc(CCC)c(CCC)c1. The van der Waals surface area contributed by atoms with Gasteiger partial charge in [-0.15, -0.1) is 0 Å². The number of aliphatic imine (C=N–C) groups is 2. The van der Waals surface area contributed by atoms with Crippen molar-refractivity contribution < 1.29 is 0 Å². The lowest BCUT2D eigenvalue weighted by Crippen LogP contribution is -2.12. The zero-order valence-corrected chi connectivity index (χ0v) is 41.7. The second-order valence-electron chi connectivity index (χ2n) is 18.7. The molecule has 0 saturated carbocycles. The van der Waals surface area contributed by atoms with Crippen molar-refractivity contribution in [1.82, 2.24) is 0 Å². The van der Waals surface area contributed by atoms with Gasteiger partial charge in [0.25, 0.3) is 0 Å². The lowest BCUT2D eigenvalue weighted by atomic mass is 9.98. The average Bonchev–Trinajstić information content (AvgIpc) is 3.26. The van der Waals surface area contributed by atoms with Crippen LogP contribution in [0.5, 0.6) is 0 Å². The number of rotatable bonds is 41. The topological polar surface area (TPSA) is 24.7 Å². The van der Waals surface area contributed by atoms with Crippen LogP contribution in [-0.4, -0.2) is 11.4 Å². The van der Waals surface area contributed by atoms with Crippen molar-refractivity contribution in [2.24, 2.45) is 9.98 Å². The summed E-state index contributed by atoms with van der Waals surface area (Å²) in [5, 5.41) is 0. The predicted octanol–water partition coefficient (Wildman–Crippen LogP) is 20.3. The monoisotopic (exact) mass is 837 g/mol. The minimum Gasteiger partial charge on any atom is -0.251 e. The van der Waals surface area contributed by atoms with E-state index in [-0.39, 0.29) is 0 Å². The summed E-state index contributed by atoms with van der Waals surface area (Å²) in [6.45, 7) is 13.7. The summed E-state index contributed by atoms with van der Waals surface area (Å²) in [5.74, 6) is 0. The van der Waals surface area contributed by atoms with E-state index in [1.165, 1.54) is 196 Å². The summed E-state index contributed by atoms with van der Waals surface area (Å²) in [6, 6.07) is 13.9. The molecular formula is C59H100N2. The molecule has 346 valence electrons. The molecule has 0 aliphatic heterocycles. The Morgan fingerprint density at radius 2 is 0.705 bits per heavy atom. The van der Waals surface area contributed by atoms with Gasteiger partial charge in [-0.1, -0.05) is 246 Å². The van der Waals surface area contributed by atoms with Crippen LogP contribution in [0.2, 0.25) is 0 Å². The molecule has 2 heteroatoms. The Bertz CT molecular complexity index is 1410. The van der Waals surface area contributed by atoms with E-state index in [1.54, 1.807) is 0 Å². The van der Waals surface area contributed by atoms with E-state index in [4.69, 9.17) is 9.98 Å². The van der Waals surface area contributed by atoms with E-state index in [9.17, 15) is 0 Å². The maximum Gasteiger partial charge on any atom is 0.0848 e. The van der Waals surface area contributed by atoms with Crippen LogP contribution in [0.3, 0.4) is 0 Å². The van der Waals surface area contributed by atoms with Crippen LogP contribution >= 0.6 is 0 Å². The van der Waals surface area contributed by atoms with Crippen LogP contribution in [0.25, 0.3) is 0 Å². The maximum atomic E-state index is 5.39. The van der Waals surface area contributed by atoms with E-state index >= 15 is 0 Å². The van der Waals surface area contributed by atoms with Crippen LogP contribution < -0.4 is 0 Å². The fourth-order valence-electron chi connectivity index (χ4n) is 9.07. The summed E-state index contributed by atoms with van der Waals surface area (Å²) in [6.07, 6.45) is 54.2. The second-order valence-corrected chi connectivity index (χ2v) is 18.7. The van der Waals surface area contributed by atoms with E-state index in [0.717, 1.165) is 87.0 Å². The first-order valence-corrected chi connectivity index (χ1v) is 27.2. The van der Waals surface area contributed by atoms with Crippen molar-refractivity contribution in [3.8, 4) is 0 Å². The number of hydrogen-bond acceptors (Lipinski definition) is 2. The molecule has 0 N–H and O–H groups in total. The highest BCUT2D eigenvalue weighted by Gasteiger charge is 2.11. The van der Waals surface area contributed by atoms with Crippen LogP contribution in [0.1, 0.15) is 276 Å². The summed E-state index contributed by atoms with van der Waals surface area (Å²) < 4.78 is 0. The van der Waals surface area contributed by atoms with Crippen LogP contribution in [0.4, 0.5) is 11.4 Å². The van der Waals surface area contributed by atoms with E-state index < -0.39 is 0 Å². The molecule has 0 bridgehead atoms. The molecule has 0 aromatic heterocycles. The van der Waals surface area contributed by atoms with Gasteiger partial charge in [0.1, 0.15) is 0 Å². The molecule has 0 atom stereocenters. The normalized spacial score (nSPS) is 12.4. The summed E-state index contributed by atoms with van der Waals surface area (Å²) in [4.78, 5) is 10.8. The van der Waals surface area contributed by atoms with E-state index in [1.807, 2.05) is 0 Å². The average molecular weight is 837 g/mol. The Balaban J connectivity index is 1.78. The Morgan fingerprint density at radius 1 is 0.361 bits per heavy atom. The number of nitrogens with zero attached hydrogens (tertiary/aromatic N) is 2. The molecule has 0 amide bonds. The number of unbranched alkanes of at least 4 members (excludes halogenated alkanes) is 26. The van der Waals surface area contributed by atoms with Gasteiger partial charge in [-0.05, 0) is 104 Å². The van der Waals surface area contributed by atoms with Gasteiger partial charge >= 0.3 is 0 Å². The zero-order valence-electron chi connectivity index (χ0n) is 41.7. The molecular weight excluding hydrogens is 737 g/mol. The summed E-state index contributed by atoms with van der Waals surface area (Å²) in [7, 11) is 0. The molecule has 2 aromatic carbocycles. The molecule has 0 heterocycles. The van der Waals surface area contributed by atoms with Crippen molar-refractivity contribution in [3.05, 3.63) is 70.8 Å². The smallest absolute Gasteiger partial charge is 0.0848 e. The fraction of sp³-hybridized carbons (Fsp3) is 0.729. The van der Waals surface area contributed by atoms with Crippen molar-refractivity contribution in [2.75, 3.05) is 0 Å². The summed E-state index contributed by atoms with van der Waals surface area (Å²) >= 11 is 0. The van der Waals surface area contributed by atoms with Crippen molar-refractivity contribution >= 4 is 22.8 Å². The lowest BCUT2D eigenvalue weighted by molar-refractivity contribution is 0.516. The highest BCUT2D eigenvalue weighted by molar-refractivity contribution is 6.47. The number of hydrogen-bond donors (Lipinski definition) is 0. The van der Waals surface area contributed by atoms with Crippen LogP contribution in [0, 0.1) is 0 Å². The largest absolute Gasteiger partial charge is 0.251 e. The third-order valence-corrected chi connectivity index (χ3v) is 12.8. The molecule has 0 aliphatic rings. The highest BCUT2D eigenvalue weighted by atomic mass is 14.8. The number of benzene rings is 2. The molecule has 0 aliphatic carbocycles. The molecule has 2 aromatic rings. The molecule has 0 saturated heterocycles. The molecule has 0 spiro atoms. The zero-order chi connectivity index (χ0) is 43.9. The first-order valence-electron chi connectivity index (χ1n) is 27.2. The van der Waals surface area contributed by atoms with Gasteiger partial charge in [-0.2, -0.15) is 0 Å². The van der Waals surface area contributed by atoms with Gasteiger partial charge in [-0.25, -0.2) is 4.99 Å². The van der Waals surface area contributed by atoms with Gasteiger partial charge in [0.2, 0.25) is 0 Å². The first-order chi connectivity index (χ1) is 30.1. The number of allylic oxidation sites excluding steroid dienone is 2. The van der Waals surface area contributed by atoms with Crippen molar-refractivity contribution in [3.63, 3.8) is 0 Å². The van der Waals surface area contributed by atoms with Crippen LogP contribution in [-0.2, 0) is 25.7 Å². The Labute approximate surface area is 381 Å². The minimum absolute atomic E-state index is 0.953. The Morgan fingerprint density at radius 3 is 1.08 bits per heavy atom. The highest BCUT2D eigenvalue weighted by Crippen LogP contribution is 2.26. The molecule has 61 heavy (non-hydrogen) atoms. The van der Waals surface area contributed by atoms with Crippen molar-refractivity contribution in [1.29, 1.82) is 0 Å². The second kappa shape index (κ2) is 39.1. The van der Waals surface area contributed by atoms with Gasteiger partial charge < -0.3 is 0 Å². The molecule has 2 nitrogen and oxygen atoms in total. The predicted molar refractivity (Wildman–Crippen MR) is 277 cm³/mol. The molecule has 0 radical (unpaired) electrons. The maximum absolute atomic E-state index is 5.39. The van der Waals surface area contributed by atoms with Gasteiger partial charge in [-0.3, -0.25) is 4.99 Å². The summed E-state index contributed by atoms with van der Waals surface area (Å²) in [5.41, 5.74) is 10.2. The quantitative estimate of drug-likeness (QED) is 0.0471. The lowest BCUT2D eigenvalue weighted by Gasteiger charge is -2.12. The fourth-order valence-corrected chi connectivity index (χ4v) is 9.07. The van der Waals surface area contributed by atoms with Crippen LogP contribution in [0.15, 0.2) is 58.5 Å². The van der Waals surface area contributed by atoms with E-state index in [2.05, 4.69) is 90.1 Å². The van der Waals surface area contributed by atoms with Gasteiger partial charge in [0.05, 0.1) is 22.8 Å². The van der Waals surface area contributed by atoms with E-state index in [0.29, 0.717) is 0 Å². The third kappa shape index (κ3) is 27.3. The Hall–Kier alpha value is -2.48. The molecule has 2 rings (SSSR count). The first kappa shape index (κ1) is 54.7. The van der Waals surface area contributed by atoms with Gasteiger partial charge in [0.15, 0.2) is 0 Å². The minimum atomic E-state index is 0.953.